The summed E-state index contributed by atoms with van der Waals surface area (Å²) in [5, 5.41) is 13.0. The number of nitrogens with zero attached hydrogens (tertiary/aromatic N) is 1. The third-order valence-corrected chi connectivity index (χ3v) is 3.60. The Morgan fingerprint density at radius 1 is 1.33 bits per heavy atom. The van der Waals surface area contributed by atoms with Gasteiger partial charge in [0.25, 0.3) is 0 Å². The lowest BCUT2D eigenvalue weighted by atomic mass is 9.95. The van der Waals surface area contributed by atoms with Gasteiger partial charge in [-0.15, -0.1) is 0 Å². The highest BCUT2D eigenvalue weighted by atomic mass is 16.5. The maximum atomic E-state index is 9.64. The molecule has 0 bridgehead atoms. The van der Waals surface area contributed by atoms with E-state index < -0.39 is 5.54 Å². The Morgan fingerprint density at radius 3 is 2.52 bits per heavy atom. The first-order valence-corrected chi connectivity index (χ1v) is 7.64. The zero-order chi connectivity index (χ0) is 15.3. The van der Waals surface area contributed by atoms with Gasteiger partial charge in [0, 0.05) is 12.1 Å². The van der Waals surface area contributed by atoms with Crippen LogP contribution >= 0.6 is 0 Å². The summed E-state index contributed by atoms with van der Waals surface area (Å²) in [5.41, 5.74) is -0.588. The van der Waals surface area contributed by atoms with Crippen LogP contribution in [0.1, 0.15) is 33.6 Å². The third-order valence-electron chi connectivity index (χ3n) is 3.60. The molecule has 1 aliphatic carbocycles. The fraction of sp³-hybridized carbons (Fsp3) is 0.588. The molecule has 0 spiro atoms. The van der Waals surface area contributed by atoms with Crippen molar-refractivity contribution in [3.05, 3.63) is 24.3 Å². The van der Waals surface area contributed by atoms with Crippen molar-refractivity contribution >= 4 is 0 Å². The number of ether oxygens (including phenoxy) is 2. The van der Waals surface area contributed by atoms with Crippen molar-refractivity contribution in [3.63, 3.8) is 0 Å². The van der Waals surface area contributed by atoms with Gasteiger partial charge in [-0.05, 0) is 51.7 Å². The summed E-state index contributed by atoms with van der Waals surface area (Å²) >= 11 is 0. The van der Waals surface area contributed by atoms with Gasteiger partial charge >= 0.3 is 0 Å². The molecule has 21 heavy (non-hydrogen) atoms. The molecule has 0 radical (unpaired) electrons. The molecule has 114 valence electrons. The Morgan fingerprint density at radius 2 is 2.00 bits per heavy atom. The lowest BCUT2D eigenvalue weighted by Gasteiger charge is -2.30. The minimum atomic E-state index is -0.588. The lowest BCUT2D eigenvalue weighted by molar-refractivity contribution is 0.192. The normalized spacial score (nSPS) is 17.1. The van der Waals surface area contributed by atoms with Gasteiger partial charge in [0.2, 0.25) is 0 Å². The van der Waals surface area contributed by atoms with Gasteiger partial charge in [-0.3, -0.25) is 5.32 Å². The van der Waals surface area contributed by atoms with Gasteiger partial charge < -0.3 is 9.47 Å². The summed E-state index contributed by atoms with van der Waals surface area (Å²) in [4.78, 5) is 0. The molecule has 1 N–H and O–H groups in total. The lowest BCUT2D eigenvalue weighted by Crippen LogP contribution is -2.53. The standard InChI is InChI=1S/C17H24N2O2/c1-4-20-15-6-5-7-16(10-15)21-12-17(11-18,14-8-9-14)19-13(2)3/h5-7,10,13-14,19H,4,8-9,12H2,1-3H3. The Bertz CT molecular complexity index is 506. The molecule has 0 aromatic heterocycles. The number of hydrogen-bond acceptors (Lipinski definition) is 4. The van der Waals surface area contributed by atoms with Gasteiger partial charge in [-0.25, -0.2) is 0 Å². The summed E-state index contributed by atoms with van der Waals surface area (Å²) < 4.78 is 11.4. The molecule has 1 atom stereocenters. The van der Waals surface area contributed by atoms with Gasteiger partial charge in [-0.2, -0.15) is 5.26 Å². The third kappa shape index (κ3) is 4.12. The van der Waals surface area contributed by atoms with Crippen molar-refractivity contribution in [1.29, 1.82) is 5.26 Å². The van der Waals surface area contributed by atoms with Gasteiger partial charge in [0.05, 0.1) is 12.7 Å². The maximum absolute atomic E-state index is 9.64. The molecular formula is C17H24N2O2. The largest absolute Gasteiger partial charge is 0.494 e. The molecule has 0 heterocycles. The van der Waals surface area contributed by atoms with Crippen LogP contribution in [0.25, 0.3) is 0 Å². The summed E-state index contributed by atoms with van der Waals surface area (Å²) in [5.74, 6) is 1.92. The average molecular weight is 288 g/mol. The van der Waals surface area contributed by atoms with Crippen molar-refractivity contribution in [1.82, 2.24) is 5.32 Å². The van der Waals surface area contributed by atoms with E-state index >= 15 is 0 Å². The number of hydrogen-bond donors (Lipinski definition) is 1. The Balaban J connectivity index is 2.04. The first kappa shape index (κ1) is 15.7. The molecular weight excluding hydrogens is 264 g/mol. The fourth-order valence-electron chi connectivity index (χ4n) is 2.54. The van der Waals surface area contributed by atoms with Crippen molar-refractivity contribution in [3.8, 4) is 17.6 Å². The van der Waals surface area contributed by atoms with E-state index in [0.717, 1.165) is 24.3 Å². The van der Waals surface area contributed by atoms with Gasteiger partial charge in [-0.1, -0.05) is 6.07 Å². The quantitative estimate of drug-likeness (QED) is 0.798. The van der Waals surface area contributed by atoms with Crippen LogP contribution in [-0.2, 0) is 0 Å². The molecule has 4 nitrogen and oxygen atoms in total. The predicted molar refractivity (Wildman–Crippen MR) is 82.4 cm³/mol. The zero-order valence-electron chi connectivity index (χ0n) is 13.1. The first-order valence-electron chi connectivity index (χ1n) is 7.64. The molecule has 1 aliphatic rings. The highest BCUT2D eigenvalue weighted by Gasteiger charge is 2.46. The van der Waals surface area contributed by atoms with Gasteiger partial charge in [0.1, 0.15) is 23.6 Å². The average Bonchev–Trinajstić information content (AvgIpc) is 3.29. The van der Waals surface area contributed by atoms with Gasteiger partial charge in [0.15, 0.2) is 0 Å². The Labute approximate surface area is 127 Å². The van der Waals surface area contributed by atoms with E-state index in [-0.39, 0.29) is 6.04 Å². The van der Waals surface area contributed by atoms with Crippen LogP contribution in [0, 0.1) is 17.2 Å². The topological polar surface area (TPSA) is 54.3 Å². The molecule has 0 saturated heterocycles. The molecule has 0 aliphatic heterocycles. The molecule has 1 fully saturated rings. The maximum Gasteiger partial charge on any atom is 0.144 e. The molecule has 1 saturated carbocycles. The number of rotatable bonds is 8. The fourth-order valence-corrected chi connectivity index (χ4v) is 2.54. The number of nitriles is 1. The molecule has 1 aromatic carbocycles. The summed E-state index contributed by atoms with van der Waals surface area (Å²) in [6.45, 7) is 7.06. The van der Waals surface area contributed by atoms with E-state index in [1.54, 1.807) is 0 Å². The smallest absolute Gasteiger partial charge is 0.144 e. The first-order chi connectivity index (χ1) is 10.1. The predicted octanol–water partition coefficient (Wildman–Crippen LogP) is 3.13. The Kier molecular flexibility index (Phi) is 5.08. The van der Waals surface area contributed by atoms with E-state index in [0.29, 0.717) is 19.1 Å². The van der Waals surface area contributed by atoms with Crippen molar-refractivity contribution in [2.45, 2.75) is 45.2 Å². The molecule has 4 heteroatoms. The number of benzene rings is 1. The summed E-state index contributed by atoms with van der Waals surface area (Å²) in [6, 6.07) is 10.3. The van der Waals surface area contributed by atoms with Crippen LogP contribution in [0.15, 0.2) is 24.3 Å². The van der Waals surface area contributed by atoms with Crippen molar-refractivity contribution < 1.29 is 9.47 Å². The van der Waals surface area contributed by atoms with Crippen LogP contribution in [0.5, 0.6) is 11.5 Å². The SMILES string of the molecule is CCOc1cccc(OCC(C#N)(NC(C)C)C2CC2)c1. The van der Waals surface area contributed by atoms with E-state index in [4.69, 9.17) is 9.47 Å². The number of nitrogens with one attached hydrogen (secondary N) is 1. The minimum absolute atomic E-state index is 0.253. The van der Waals surface area contributed by atoms with Crippen molar-refractivity contribution in [2.75, 3.05) is 13.2 Å². The van der Waals surface area contributed by atoms with E-state index in [9.17, 15) is 5.26 Å². The summed E-state index contributed by atoms with van der Waals surface area (Å²) in [6.07, 6.45) is 2.19. The zero-order valence-corrected chi connectivity index (χ0v) is 13.1. The second kappa shape index (κ2) is 6.82. The minimum Gasteiger partial charge on any atom is -0.494 e. The van der Waals surface area contributed by atoms with E-state index in [2.05, 4.69) is 25.2 Å². The second-order valence-corrected chi connectivity index (χ2v) is 5.85. The van der Waals surface area contributed by atoms with Crippen LogP contribution in [0.3, 0.4) is 0 Å². The monoisotopic (exact) mass is 288 g/mol. The highest BCUT2D eigenvalue weighted by molar-refractivity contribution is 5.33. The van der Waals surface area contributed by atoms with Crippen LogP contribution in [0.4, 0.5) is 0 Å². The molecule has 2 rings (SSSR count). The molecule has 1 unspecified atom stereocenters. The van der Waals surface area contributed by atoms with Crippen molar-refractivity contribution in [2.24, 2.45) is 5.92 Å². The van der Waals surface area contributed by atoms with Crippen LogP contribution in [-0.4, -0.2) is 24.8 Å². The second-order valence-electron chi connectivity index (χ2n) is 5.85. The summed E-state index contributed by atoms with van der Waals surface area (Å²) in [7, 11) is 0. The van der Waals surface area contributed by atoms with Crippen LogP contribution in [0.2, 0.25) is 0 Å². The molecule has 1 aromatic rings. The van der Waals surface area contributed by atoms with E-state index in [1.165, 1.54) is 0 Å². The Hall–Kier alpha value is -1.73. The van der Waals surface area contributed by atoms with E-state index in [1.807, 2.05) is 31.2 Å². The highest BCUT2D eigenvalue weighted by Crippen LogP contribution is 2.40. The molecule has 0 amide bonds. The van der Waals surface area contributed by atoms with Crippen LogP contribution < -0.4 is 14.8 Å².